The van der Waals surface area contributed by atoms with Crippen LogP contribution >= 0.6 is 0 Å². The van der Waals surface area contributed by atoms with Crippen molar-refractivity contribution in [1.82, 2.24) is 5.32 Å². The van der Waals surface area contributed by atoms with Crippen LogP contribution in [0.4, 0.5) is 4.79 Å². The molecule has 0 saturated heterocycles. The fourth-order valence-electron chi connectivity index (χ4n) is 0.853. The van der Waals surface area contributed by atoms with E-state index in [1.54, 1.807) is 0 Å². The summed E-state index contributed by atoms with van der Waals surface area (Å²) >= 11 is 0. The Labute approximate surface area is 73.8 Å². The number of alkyl carbamates (subject to hydrolysis) is 1. The van der Waals surface area contributed by atoms with Gasteiger partial charge in [0.05, 0.1) is 7.11 Å². The number of ether oxygens (including phenoxy) is 1. The molecule has 0 aliphatic rings. The predicted molar refractivity (Wildman–Crippen MR) is 49.1 cm³/mol. The highest BCUT2D eigenvalue weighted by molar-refractivity contribution is 5.66. The summed E-state index contributed by atoms with van der Waals surface area (Å²) in [7, 11) is 1.37. The lowest BCUT2D eigenvalue weighted by atomic mass is 10.2. The van der Waals surface area contributed by atoms with Crippen LogP contribution in [0.2, 0.25) is 0 Å². The monoisotopic (exact) mass is 171 g/mol. The highest BCUT2D eigenvalue weighted by Crippen LogP contribution is 1.98. The van der Waals surface area contributed by atoms with Crippen LogP contribution in [0.3, 0.4) is 0 Å². The summed E-state index contributed by atoms with van der Waals surface area (Å²) in [5.74, 6) is 0. The molecule has 1 amide bonds. The quantitative estimate of drug-likeness (QED) is 0.491. The molecule has 1 N–H and O–H groups in total. The van der Waals surface area contributed by atoms with Crippen LogP contribution in [0.25, 0.3) is 0 Å². The first-order valence-corrected chi connectivity index (χ1v) is 4.24. The van der Waals surface area contributed by atoms with Crippen molar-refractivity contribution in [2.75, 3.05) is 13.7 Å². The molecule has 0 atom stereocenters. The van der Waals surface area contributed by atoms with Crippen LogP contribution in [0, 0.1) is 0 Å². The molecule has 0 aromatic rings. The van der Waals surface area contributed by atoms with E-state index in [0.29, 0.717) is 6.54 Å². The van der Waals surface area contributed by atoms with Gasteiger partial charge in [0, 0.05) is 6.54 Å². The molecule has 3 nitrogen and oxygen atoms in total. The second kappa shape index (κ2) is 8.11. The molecular formula is C9H17NO2. The fraction of sp³-hybridized carbons (Fsp3) is 0.667. The topological polar surface area (TPSA) is 38.3 Å². The van der Waals surface area contributed by atoms with Crippen LogP contribution < -0.4 is 5.32 Å². The lowest BCUT2D eigenvalue weighted by Crippen LogP contribution is -2.23. The number of hydrogen-bond acceptors (Lipinski definition) is 2. The van der Waals surface area contributed by atoms with Gasteiger partial charge in [-0.2, -0.15) is 0 Å². The summed E-state index contributed by atoms with van der Waals surface area (Å²) in [6.07, 6.45) is 5.88. The maximum Gasteiger partial charge on any atom is 0.406 e. The standard InChI is InChI=1S/C9H17NO2/c1-3-4-5-6-7-8-10-9(11)12-2/h3H,1,4-8H2,2H3,(H,10,11). The molecule has 0 heterocycles. The average molecular weight is 171 g/mol. The molecule has 0 fully saturated rings. The highest BCUT2D eigenvalue weighted by atomic mass is 16.5. The zero-order valence-electron chi connectivity index (χ0n) is 7.64. The normalized spacial score (nSPS) is 9.08. The SMILES string of the molecule is C=CCCCCCNC(=O)OC. The molecule has 12 heavy (non-hydrogen) atoms. The third-order valence-electron chi connectivity index (χ3n) is 1.54. The third kappa shape index (κ3) is 7.12. The van der Waals surface area contributed by atoms with E-state index in [1.165, 1.54) is 7.11 Å². The van der Waals surface area contributed by atoms with E-state index in [0.717, 1.165) is 25.7 Å². The summed E-state index contributed by atoms with van der Waals surface area (Å²) in [5.41, 5.74) is 0. The third-order valence-corrected chi connectivity index (χ3v) is 1.54. The second-order valence-corrected chi connectivity index (χ2v) is 2.56. The smallest absolute Gasteiger partial charge is 0.406 e. The Hall–Kier alpha value is -0.990. The van der Waals surface area contributed by atoms with E-state index >= 15 is 0 Å². The van der Waals surface area contributed by atoms with Gasteiger partial charge in [-0.3, -0.25) is 0 Å². The Morgan fingerprint density at radius 2 is 2.25 bits per heavy atom. The second-order valence-electron chi connectivity index (χ2n) is 2.56. The van der Waals surface area contributed by atoms with Gasteiger partial charge in [-0.1, -0.05) is 12.5 Å². The molecule has 0 aromatic heterocycles. The van der Waals surface area contributed by atoms with Crippen LogP contribution in [0.5, 0.6) is 0 Å². The molecule has 0 aromatic carbocycles. The largest absolute Gasteiger partial charge is 0.453 e. The lowest BCUT2D eigenvalue weighted by Gasteiger charge is -2.01. The summed E-state index contributed by atoms with van der Waals surface area (Å²) < 4.78 is 4.41. The van der Waals surface area contributed by atoms with Gasteiger partial charge in [0.1, 0.15) is 0 Å². The Kier molecular flexibility index (Phi) is 7.44. The molecule has 0 aliphatic carbocycles. The summed E-state index contributed by atoms with van der Waals surface area (Å²) in [6, 6.07) is 0. The number of rotatable bonds is 6. The maximum atomic E-state index is 10.6. The molecule has 0 rings (SSSR count). The van der Waals surface area contributed by atoms with Crippen molar-refractivity contribution >= 4 is 6.09 Å². The number of carbonyl (C=O) groups excluding carboxylic acids is 1. The van der Waals surface area contributed by atoms with Gasteiger partial charge in [-0.25, -0.2) is 4.79 Å². The molecule has 0 unspecified atom stereocenters. The van der Waals surface area contributed by atoms with Crippen LogP contribution in [-0.2, 0) is 4.74 Å². The highest BCUT2D eigenvalue weighted by Gasteiger charge is 1.95. The molecule has 0 aliphatic heterocycles. The molecule has 3 heteroatoms. The Bertz CT molecular complexity index is 134. The predicted octanol–water partition coefficient (Wildman–Crippen LogP) is 2.09. The Morgan fingerprint density at radius 1 is 1.50 bits per heavy atom. The van der Waals surface area contributed by atoms with Crippen LogP contribution in [0.15, 0.2) is 12.7 Å². The summed E-state index contributed by atoms with van der Waals surface area (Å²) in [6.45, 7) is 4.33. The van der Waals surface area contributed by atoms with E-state index in [4.69, 9.17) is 0 Å². The lowest BCUT2D eigenvalue weighted by molar-refractivity contribution is 0.171. The minimum Gasteiger partial charge on any atom is -0.453 e. The van der Waals surface area contributed by atoms with Crippen LogP contribution in [-0.4, -0.2) is 19.7 Å². The number of unbranched alkanes of at least 4 members (excludes halogenated alkanes) is 3. The maximum absolute atomic E-state index is 10.6. The summed E-state index contributed by atoms with van der Waals surface area (Å²) in [5, 5.41) is 2.62. The summed E-state index contributed by atoms with van der Waals surface area (Å²) in [4.78, 5) is 10.6. The fourth-order valence-corrected chi connectivity index (χ4v) is 0.853. The number of allylic oxidation sites excluding steroid dienone is 1. The number of nitrogens with one attached hydrogen (secondary N) is 1. The molecule has 0 bridgehead atoms. The average Bonchev–Trinajstić information content (AvgIpc) is 2.10. The van der Waals surface area contributed by atoms with Crippen molar-refractivity contribution in [3.8, 4) is 0 Å². The zero-order valence-corrected chi connectivity index (χ0v) is 7.64. The van der Waals surface area contributed by atoms with Crippen molar-refractivity contribution in [3.63, 3.8) is 0 Å². The number of carbonyl (C=O) groups is 1. The van der Waals surface area contributed by atoms with E-state index in [1.807, 2.05) is 6.08 Å². The van der Waals surface area contributed by atoms with Gasteiger partial charge in [-0.15, -0.1) is 6.58 Å². The molecule has 70 valence electrons. The van der Waals surface area contributed by atoms with Crippen molar-refractivity contribution in [2.45, 2.75) is 25.7 Å². The molecule has 0 saturated carbocycles. The Balaban J connectivity index is 3.00. The van der Waals surface area contributed by atoms with Gasteiger partial charge in [0.2, 0.25) is 0 Å². The number of amides is 1. The van der Waals surface area contributed by atoms with Crippen molar-refractivity contribution in [1.29, 1.82) is 0 Å². The van der Waals surface area contributed by atoms with Gasteiger partial charge in [0.25, 0.3) is 0 Å². The first-order chi connectivity index (χ1) is 5.81. The zero-order chi connectivity index (χ0) is 9.23. The number of hydrogen-bond donors (Lipinski definition) is 1. The van der Waals surface area contributed by atoms with Crippen molar-refractivity contribution < 1.29 is 9.53 Å². The molecular weight excluding hydrogens is 154 g/mol. The minimum absolute atomic E-state index is 0.348. The Morgan fingerprint density at radius 3 is 2.83 bits per heavy atom. The molecule has 0 radical (unpaired) electrons. The van der Waals surface area contributed by atoms with E-state index in [2.05, 4.69) is 16.6 Å². The first-order valence-electron chi connectivity index (χ1n) is 4.24. The van der Waals surface area contributed by atoms with Gasteiger partial charge >= 0.3 is 6.09 Å². The minimum atomic E-state index is -0.348. The van der Waals surface area contributed by atoms with Crippen molar-refractivity contribution in [3.05, 3.63) is 12.7 Å². The van der Waals surface area contributed by atoms with E-state index in [9.17, 15) is 4.79 Å². The van der Waals surface area contributed by atoms with Crippen molar-refractivity contribution in [2.24, 2.45) is 0 Å². The first kappa shape index (κ1) is 11.0. The number of methoxy groups -OCH3 is 1. The van der Waals surface area contributed by atoms with Gasteiger partial charge < -0.3 is 10.1 Å². The van der Waals surface area contributed by atoms with E-state index < -0.39 is 0 Å². The van der Waals surface area contributed by atoms with E-state index in [-0.39, 0.29) is 6.09 Å². The van der Waals surface area contributed by atoms with Gasteiger partial charge in [-0.05, 0) is 19.3 Å². The van der Waals surface area contributed by atoms with Crippen LogP contribution in [0.1, 0.15) is 25.7 Å². The molecule has 0 spiro atoms. The van der Waals surface area contributed by atoms with Gasteiger partial charge in [0.15, 0.2) is 0 Å².